The summed E-state index contributed by atoms with van der Waals surface area (Å²) in [6, 6.07) is 10.1. The Morgan fingerprint density at radius 1 is 1.06 bits per heavy atom. The van der Waals surface area contributed by atoms with Crippen molar-refractivity contribution in [2.45, 2.75) is 31.2 Å². The van der Waals surface area contributed by atoms with Crippen LogP contribution in [0.4, 0.5) is 10.1 Å². The lowest BCUT2D eigenvalue weighted by Gasteiger charge is -2.22. The molecule has 7 nitrogen and oxygen atoms in total. The monoisotopic (exact) mass is 444 g/mol. The number of nitrogens with zero attached hydrogens (tertiary/aromatic N) is 2. The van der Waals surface area contributed by atoms with Crippen molar-refractivity contribution in [1.29, 1.82) is 0 Å². The molecule has 0 radical (unpaired) electrons. The summed E-state index contributed by atoms with van der Waals surface area (Å²) < 4.78 is 13.2. The van der Waals surface area contributed by atoms with Crippen LogP contribution in [0, 0.1) is 5.82 Å². The summed E-state index contributed by atoms with van der Waals surface area (Å²) in [5.74, 6) is -3.16. The van der Waals surface area contributed by atoms with Gasteiger partial charge in [-0.25, -0.2) is 4.39 Å². The van der Waals surface area contributed by atoms with Gasteiger partial charge in [0.25, 0.3) is 0 Å². The van der Waals surface area contributed by atoms with E-state index in [1.165, 1.54) is 35.2 Å². The Balaban J connectivity index is 1.70. The number of imide groups is 1. The van der Waals surface area contributed by atoms with Crippen LogP contribution < -0.4 is 4.90 Å². The number of rotatable bonds is 6. The summed E-state index contributed by atoms with van der Waals surface area (Å²) in [4.78, 5) is 53.0. The van der Waals surface area contributed by atoms with Gasteiger partial charge in [-0.3, -0.25) is 24.1 Å². The number of carbonyl (C=O) groups is 4. The largest absolute Gasteiger partial charge is 0.481 e. The summed E-state index contributed by atoms with van der Waals surface area (Å²) >= 11 is 6.14. The first-order chi connectivity index (χ1) is 14.7. The number of carbonyl (C=O) groups excluding carboxylic acids is 3. The van der Waals surface area contributed by atoms with Crippen molar-refractivity contribution >= 4 is 41.0 Å². The van der Waals surface area contributed by atoms with Crippen LogP contribution in [0.3, 0.4) is 0 Å². The Labute approximate surface area is 182 Å². The Morgan fingerprint density at radius 3 is 2.42 bits per heavy atom. The van der Waals surface area contributed by atoms with E-state index in [1.807, 2.05) is 0 Å². The Hall–Kier alpha value is -3.26. The first-order valence-corrected chi connectivity index (χ1v) is 10.0. The lowest BCUT2D eigenvalue weighted by molar-refractivity contribution is -0.142. The second-order valence-corrected chi connectivity index (χ2v) is 8.05. The molecule has 9 heteroatoms. The molecule has 2 aromatic carbocycles. The minimum absolute atomic E-state index is 0.0815. The maximum absolute atomic E-state index is 13.5. The Kier molecular flexibility index (Phi) is 5.26. The van der Waals surface area contributed by atoms with Gasteiger partial charge in [0.05, 0.1) is 13.0 Å². The van der Waals surface area contributed by atoms with Crippen molar-refractivity contribution in [3.05, 3.63) is 64.4 Å². The molecular weight excluding hydrogens is 427 g/mol. The molecule has 2 aliphatic heterocycles. The van der Waals surface area contributed by atoms with Crippen LogP contribution in [0.15, 0.2) is 42.5 Å². The zero-order valence-corrected chi connectivity index (χ0v) is 17.1. The van der Waals surface area contributed by atoms with Crippen LogP contribution in [0.2, 0.25) is 5.02 Å². The van der Waals surface area contributed by atoms with E-state index in [2.05, 4.69) is 0 Å². The number of likely N-dealkylation sites (tertiary alicyclic amines) is 1. The van der Waals surface area contributed by atoms with Crippen LogP contribution in [0.25, 0.3) is 0 Å². The summed E-state index contributed by atoms with van der Waals surface area (Å²) in [5, 5.41) is 9.22. The van der Waals surface area contributed by atoms with Crippen LogP contribution in [-0.2, 0) is 31.1 Å². The number of aliphatic carboxylic acids is 1. The lowest BCUT2D eigenvalue weighted by Crippen LogP contribution is -2.46. The standard InChI is InChI=1S/C22H18ClFN2O5/c23-14-5-8-17-16(10-14)22(20(30)25(17)9-1-2-19(28)29)11-18(27)26(21(22)31)12-13-3-6-15(24)7-4-13/h3-8,10H,1-2,9,11-12H2,(H,28,29). The number of anilines is 1. The molecule has 4 rings (SSSR count). The highest BCUT2D eigenvalue weighted by atomic mass is 35.5. The topological polar surface area (TPSA) is 95.0 Å². The molecule has 2 aromatic rings. The van der Waals surface area contributed by atoms with Gasteiger partial charge >= 0.3 is 5.97 Å². The summed E-state index contributed by atoms with van der Waals surface area (Å²) in [6.45, 7) is 0.0167. The zero-order chi connectivity index (χ0) is 22.3. The third-order valence-corrected chi connectivity index (χ3v) is 5.91. The van der Waals surface area contributed by atoms with E-state index in [4.69, 9.17) is 16.7 Å². The number of hydrogen-bond acceptors (Lipinski definition) is 4. The number of hydrogen-bond donors (Lipinski definition) is 1. The lowest BCUT2D eigenvalue weighted by atomic mass is 9.80. The molecule has 0 aromatic heterocycles. The van der Waals surface area contributed by atoms with E-state index in [0.29, 0.717) is 21.8 Å². The van der Waals surface area contributed by atoms with Crippen molar-refractivity contribution in [1.82, 2.24) is 4.90 Å². The van der Waals surface area contributed by atoms with E-state index in [-0.39, 0.29) is 32.4 Å². The maximum atomic E-state index is 13.5. The number of fused-ring (bicyclic) bond motifs is 2. The quantitative estimate of drug-likeness (QED) is 0.546. The third kappa shape index (κ3) is 3.46. The highest BCUT2D eigenvalue weighted by Crippen LogP contribution is 2.49. The molecule has 0 aliphatic carbocycles. The average Bonchev–Trinajstić information content (AvgIpc) is 3.10. The first-order valence-electron chi connectivity index (χ1n) is 9.67. The molecule has 3 amide bonds. The SMILES string of the molecule is O=C(O)CCCN1C(=O)C2(CC(=O)N(Cc3ccc(F)cc3)C2=O)c2cc(Cl)ccc21. The molecule has 1 spiro atoms. The van der Waals surface area contributed by atoms with Gasteiger partial charge in [-0.05, 0) is 42.3 Å². The second-order valence-electron chi connectivity index (χ2n) is 7.61. The van der Waals surface area contributed by atoms with E-state index in [1.54, 1.807) is 12.1 Å². The normalized spacial score (nSPS) is 20.1. The number of amides is 3. The predicted octanol–water partition coefficient (Wildman–Crippen LogP) is 2.89. The van der Waals surface area contributed by atoms with Crippen LogP contribution in [0.1, 0.15) is 30.4 Å². The molecule has 31 heavy (non-hydrogen) atoms. The highest BCUT2D eigenvalue weighted by Gasteiger charge is 2.63. The molecule has 1 N–H and O–H groups in total. The van der Waals surface area contributed by atoms with Crippen molar-refractivity contribution in [3.63, 3.8) is 0 Å². The molecule has 2 aliphatic rings. The van der Waals surface area contributed by atoms with Gasteiger partial charge in [-0.2, -0.15) is 0 Å². The molecule has 0 saturated carbocycles. The van der Waals surface area contributed by atoms with Gasteiger partial charge in [-0.15, -0.1) is 0 Å². The number of carboxylic acids is 1. The fourth-order valence-corrected chi connectivity index (χ4v) is 4.37. The van der Waals surface area contributed by atoms with Gasteiger partial charge in [0, 0.05) is 29.2 Å². The van der Waals surface area contributed by atoms with Crippen LogP contribution in [-0.4, -0.2) is 40.2 Å². The van der Waals surface area contributed by atoms with E-state index in [0.717, 1.165) is 4.90 Å². The van der Waals surface area contributed by atoms with Crippen LogP contribution >= 0.6 is 11.6 Å². The van der Waals surface area contributed by atoms with E-state index < -0.39 is 34.9 Å². The number of halogens is 2. The zero-order valence-electron chi connectivity index (χ0n) is 16.3. The summed E-state index contributed by atoms with van der Waals surface area (Å²) in [5.41, 5.74) is -0.374. The second kappa shape index (κ2) is 7.77. The van der Waals surface area contributed by atoms with Gasteiger partial charge in [-0.1, -0.05) is 23.7 Å². The van der Waals surface area contributed by atoms with Crippen molar-refractivity contribution in [2.75, 3.05) is 11.4 Å². The van der Waals surface area contributed by atoms with E-state index in [9.17, 15) is 23.6 Å². The summed E-state index contributed by atoms with van der Waals surface area (Å²) in [7, 11) is 0. The molecule has 1 unspecified atom stereocenters. The average molecular weight is 445 g/mol. The fourth-order valence-electron chi connectivity index (χ4n) is 4.20. The molecule has 0 bridgehead atoms. The first kappa shape index (κ1) is 21.0. The summed E-state index contributed by atoms with van der Waals surface area (Å²) in [6.07, 6.45) is -0.279. The Morgan fingerprint density at radius 2 is 1.74 bits per heavy atom. The van der Waals surface area contributed by atoms with Gasteiger partial charge in [0.2, 0.25) is 17.7 Å². The van der Waals surface area contributed by atoms with E-state index >= 15 is 0 Å². The van der Waals surface area contributed by atoms with Crippen molar-refractivity contribution in [2.24, 2.45) is 0 Å². The van der Waals surface area contributed by atoms with Crippen molar-refractivity contribution < 1.29 is 28.7 Å². The predicted molar refractivity (Wildman–Crippen MR) is 109 cm³/mol. The van der Waals surface area contributed by atoms with Crippen molar-refractivity contribution in [3.8, 4) is 0 Å². The van der Waals surface area contributed by atoms with Gasteiger partial charge in [0.15, 0.2) is 5.41 Å². The molecule has 1 saturated heterocycles. The minimum atomic E-state index is -1.72. The number of carboxylic acid groups (broad SMARTS) is 1. The molecule has 1 fully saturated rings. The maximum Gasteiger partial charge on any atom is 0.303 e. The Bertz CT molecular complexity index is 1100. The molecular formula is C22H18ClFN2O5. The molecule has 1 atom stereocenters. The van der Waals surface area contributed by atoms with Gasteiger partial charge in [0.1, 0.15) is 5.82 Å². The highest BCUT2D eigenvalue weighted by molar-refractivity contribution is 6.32. The minimum Gasteiger partial charge on any atom is -0.481 e. The fraction of sp³-hybridized carbons (Fsp3) is 0.273. The molecule has 160 valence electrons. The number of benzene rings is 2. The smallest absolute Gasteiger partial charge is 0.303 e. The third-order valence-electron chi connectivity index (χ3n) is 5.67. The van der Waals surface area contributed by atoms with Gasteiger partial charge < -0.3 is 10.0 Å². The molecule has 2 heterocycles. The van der Waals surface area contributed by atoms with Crippen LogP contribution in [0.5, 0.6) is 0 Å².